The first-order chi connectivity index (χ1) is 17.5. The minimum absolute atomic E-state index is 0.109. The van der Waals surface area contributed by atoms with Crippen molar-refractivity contribution in [3.8, 4) is 0 Å². The van der Waals surface area contributed by atoms with Gasteiger partial charge in [0.1, 0.15) is 18.1 Å². The molecule has 37 heavy (non-hydrogen) atoms. The lowest BCUT2D eigenvalue weighted by atomic mass is 10.0. The summed E-state index contributed by atoms with van der Waals surface area (Å²) in [4.78, 5) is 61.0. The molecular weight excluding hydrogens is 502 g/mol. The number of aromatic nitrogens is 2. The van der Waals surface area contributed by atoms with Crippen molar-refractivity contribution >= 4 is 41.4 Å². The maximum atomic E-state index is 13.2. The predicted molar refractivity (Wildman–Crippen MR) is 141 cm³/mol. The minimum atomic E-state index is -1.19. The average Bonchev–Trinajstić information content (AvgIpc) is 3.33. The second kappa shape index (κ2) is 16.4. The number of amides is 3. The van der Waals surface area contributed by atoms with Gasteiger partial charge in [-0.25, -0.2) is 9.78 Å². The third-order valence-corrected chi connectivity index (χ3v) is 6.03. The first-order valence-corrected chi connectivity index (χ1v) is 13.3. The van der Waals surface area contributed by atoms with Gasteiger partial charge in [-0.3, -0.25) is 19.4 Å². The number of guanidine groups is 1. The molecule has 11 N–H and O–H groups in total. The predicted octanol–water partition coefficient (Wildman–Crippen LogP) is -1.72. The number of carbonyl (C=O) groups is 4. The molecule has 0 aromatic carbocycles. The van der Waals surface area contributed by atoms with E-state index in [9.17, 15) is 24.3 Å². The van der Waals surface area contributed by atoms with Gasteiger partial charge in [0, 0.05) is 24.9 Å². The number of carboxylic acids is 1. The lowest BCUT2D eigenvalue weighted by molar-refractivity contribution is -0.143. The number of hydrogen-bond acceptors (Lipinski definition) is 8. The van der Waals surface area contributed by atoms with E-state index in [1.165, 1.54) is 18.1 Å². The van der Waals surface area contributed by atoms with Crippen LogP contribution in [0.25, 0.3) is 0 Å². The van der Waals surface area contributed by atoms with Crippen LogP contribution in [0.3, 0.4) is 0 Å². The fraction of sp³-hybridized carbons (Fsp3) is 0.636. The molecule has 4 unspecified atom stereocenters. The number of aromatic amines is 1. The van der Waals surface area contributed by atoms with Gasteiger partial charge in [0.15, 0.2) is 5.96 Å². The number of imidazole rings is 1. The number of nitrogens with zero attached hydrogens (tertiary/aromatic N) is 2. The van der Waals surface area contributed by atoms with Gasteiger partial charge < -0.3 is 43.2 Å². The van der Waals surface area contributed by atoms with E-state index in [4.69, 9.17) is 17.2 Å². The first kappa shape index (κ1) is 31.7. The van der Waals surface area contributed by atoms with Gasteiger partial charge >= 0.3 is 5.97 Å². The Bertz CT molecular complexity index is 906. The molecule has 1 aromatic heterocycles. The maximum absolute atomic E-state index is 13.2. The van der Waals surface area contributed by atoms with Crippen molar-refractivity contribution in [2.75, 3.05) is 18.6 Å². The molecule has 14 nitrogen and oxygen atoms in total. The van der Waals surface area contributed by atoms with Crippen LogP contribution < -0.4 is 33.2 Å². The van der Waals surface area contributed by atoms with Gasteiger partial charge in [-0.15, -0.1) is 0 Å². The number of hydrogen-bond donors (Lipinski definition) is 8. The van der Waals surface area contributed by atoms with E-state index in [0.717, 1.165) is 0 Å². The second-order valence-electron chi connectivity index (χ2n) is 8.81. The molecule has 0 saturated carbocycles. The Morgan fingerprint density at radius 3 is 2.24 bits per heavy atom. The SMILES string of the molecule is CSCCC(NC(=O)C(N)Cc1cnc[nH]1)C(=O)NC(CCCN=C(N)N)C(=O)NC(C(=O)O)C(C)C. The van der Waals surface area contributed by atoms with Crippen molar-refractivity contribution in [2.24, 2.45) is 28.1 Å². The van der Waals surface area contributed by atoms with Gasteiger partial charge in [0.05, 0.1) is 12.4 Å². The molecule has 0 aliphatic carbocycles. The summed E-state index contributed by atoms with van der Waals surface area (Å²) < 4.78 is 0. The molecule has 0 spiro atoms. The highest BCUT2D eigenvalue weighted by molar-refractivity contribution is 7.98. The van der Waals surface area contributed by atoms with E-state index >= 15 is 0 Å². The summed E-state index contributed by atoms with van der Waals surface area (Å²) in [5.74, 6) is -2.91. The van der Waals surface area contributed by atoms with Crippen molar-refractivity contribution in [1.82, 2.24) is 25.9 Å². The Labute approximate surface area is 220 Å². The molecule has 1 heterocycles. The molecule has 0 bridgehead atoms. The van der Waals surface area contributed by atoms with E-state index in [-0.39, 0.29) is 31.3 Å². The summed E-state index contributed by atoms with van der Waals surface area (Å²) in [6.45, 7) is 3.53. The number of carboxylic acid groups (broad SMARTS) is 1. The van der Waals surface area contributed by atoms with E-state index in [1.807, 2.05) is 6.26 Å². The van der Waals surface area contributed by atoms with E-state index in [1.54, 1.807) is 20.0 Å². The third kappa shape index (κ3) is 12.0. The van der Waals surface area contributed by atoms with E-state index < -0.39 is 47.9 Å². The fourth-order valence-electron chi connectivity index (χ4n) is 3.32. The van der Waals surface area contributed by atoms with Crippen LogP contribution in [0.2, 0.25) is 0 Å². The highest BCUT2D eigenvalue weighted by Crippen LogP contribution is 2.08. The molecule has 0 fully saturated rings. The molecule has 0 radical (unpaired) electrons. The van der Waals surface area contributed by atoms with Crippen molar-refractivity contribution in [3.63, 3.8) is 0 Å². The Kier molecular flexibility index (Phi) is 14.1. The van der Waals surface area contributed by atoms with Gasteiger partial charge in [0.25, 0.3) is 0 Å². The quantitative estimate of drug-likeness (QED) is 0.0629. The molecular formula is C22H39N9O5S. The number of aliphatic imine (C=N–C) groups is 1. The summed E-state index contributed by atoms with van der Waals surface area (Å²) in [5.41, 5.74) is 17.3. The zero-order chi connectivity index (χ0) is 28.0. The van der Waals surface area contributed by atoms with Crippen molar-refractivity contribution < 1.29 is 24.3 Å². The van der Waals surface area contributed by atoms with Crippen LogP contribution in [0.5, 0.6) is 0 Å². The molecule has 0 aliphatic rings. The standard InChI is InChI=1S/C22H39N9O5S/c1-12(2)17(21(35)36)31-20(34)15(5-4-7-27-22(24)25)30-19(33)16(6-8-37-3)29-18(32)14(23)9-13-10-26-11-28-13/h10-12,14-17H,4-9,23H2,1-3H3,(H,26,28)(H,29,32)(H,30,33)(H,31,34)(H,35,36)(H4,24,25,27). The van der Waals surface area contributed by atoms with Gasteiger partial charge in [-0.2, -0.15) is 11.8 Å². The fourth-order valence-corrected chi connectivity index (χ4v) is 3.79. The van der Waals surface area contributed by atoms with Gasteiger partial charge in [-0.1, -0.05) is 13.8 Å². The Morgan fingerprint density at radius 2 is 1.70 bits per heavy atom. The Hall–Kier alpha value is -3.33. The van der Waals surface area contributed by atoms with Crippen LogP contribution >= 0.6 is 11.8 Å². The molecule has 15 heteroatoms. The highest BCUT2D eigenvalue weighted by atomic mass is 32.2. The van der Waals surface area contributed by atoms with Crippen molar-refractivity contribution in [1.29, 1.82) is 0 Å². The molecule has 1 rings (SSSR count). The van der Waals surface area contributed by atoms with Crippen molar-refractivity contribution in [3.05, 3.63) is 18.2 Å². The molecule has 3 amide bonds. The number of rotatable bonds is 17. The lowest BCUT2D eigenvalue weighted by Crippen LogP contribution is -2.57. The summed E-state index contributed by atoms with van der Waals surface area (Å²) in [6.07, 6.45) is 5.86. The zero-order valence-corrected chi connectivity index (χ0v) is 22.2. The van der Waals surface area contributed by atoms with Gasteiger partial charge in [-0.05, 0) is 37.2 Å². The second-order valence-corrected chi connectivity index (χ2v) is 9.79. The van der Waals surface area contributed by atoms with Crippen LogP contribution in [0, 0.1) is 5.92 Å². The van der Waals surface area contributed by atoms with Crippen LogP contribution in [-0.2, 0) is 25.6 Å². The van der Waals surface area contributed by atoms with E-state index in [0.29, 0.717) is 24.3 Å². The number of nitrogens with one attached hydrogen (secondary N) is 4. The Balaban J connectivity index is 2.97. The molecule has 0 aliphatic heterocycles. The first-order valence-electron chi connectivity index (χ1n) is 11.9. The summed E-state index contributed by atoms with van der Waals surface area (Å²) in [5, 5.41) is 17.2. The zero-order valence-electron chi connectivity index (χ0n) is 21.4. The van der Waals surface area contributed by atoms with Crippen LogP contribution in [0.4, 0.5) is 0 Å². The molecule has 1 aromatic rings. The van der Waals surface area contributed by atoms with Crippen LogP contribution in [-0.4, -0.2) is 87.4 Å². The summed E-state index contributed by atoms with van der Waals surface area (Å²) in [7, 11) is 0. The normalized spacial score (nSPS) is 14.2. The number of nitrogens with two attached hydrogens (primary N) is 3. The topological polar surface area (TPSA) is 244 Å². The maximum Gasteiger partial charge on any atom is 0.326 e. The van der Waals surface area contributed by atoms with Crippen LogP contribution in [0.1, 0.15) is 38.8 Å². The average molecular weight is 542 g/mol. The highest BCUT2D eigenvalue weighted by Gasteiger charge is 2.31. The van der Waals surface area contributed by atoms with Crippen LogP contribution in [0.15, 0.2) is 17.5 Å². The summed E-state index contributed by atoms with van der Waals surface area (Å²) in [6, 6.07) is -4.10. The molecule has 0 saturated heterocycles. The lowest BCUT2D eigenvalue weighted by Gasteiger charge is -2.26. The number of H-pyrrole nitrogens is 1. The number of carbonyl (C=O) groups excluding carboxylic acids is 3. The third-order valence-electron chi connectivity index (χ3n) is 5.38. The molecule has 4 atom stereocenters. The minimum Gasteiger partial charge on any atom is -0.480 e. The summed E-state index contributed by atoms with van der Waals surface area (Å²) >= 11 is 1.49. The number of aliphatic carboxylic acids is 1. The largest absolute Gasteiger partial charge is 0.480 e. The number of thioether (sulfide) groups is 1. The molecule has 208 valence electrons. The van der Waals surface area contributed by atoms with Gasteiger partial charge in [0.2, 0.25) is 17.7 Å². The van der Waals surface area contributed by atoms with Crippen molar-refractivity contribution in [2.45, 2.75) is 63.7 Å². The monoisotopic (exact) mass is 541 g/mol. The smallest absolute Gasteiger partial charge is 0.326 e. The van der Waals surface area contributed by atoms with E-state index in [2.05, 4.69) is 30.9 Å². The Morgan fingerprint density at radius 1 is 1.08 bits per heavy atom.